The molecule has 2 aromatic carbocycles. The third-order valence-electron chi connectivity index (χ3n) is 5.25. The zero-order chi connectivity index (χ0) is 18.8. The molecule has 0 bridgehead atoms. The lowest BCUT2D eigenvalue weighted by Gasteiger charge is -2.36. The molecule has 27 heavy (non-hydrogen) atoms. The van der Waals surface area contributed by atoms with Crippen molar-refractivity contribution in [2.75, 3.05) is 36.4 Å². The number of rotatable bonds is 4. The highest BCUT2D eigenvalue weighted by Gasteiger charge is 2.49. The monoisotopic (exact) mass is 383 g/mol. The summed E-state index contributed by atoms with van der Waals surface area (Å²) >= 11 is 5.94. The van der Waals surface area contributed by atoms with Crippen molar-refractivity contribution in [3.05, 3.63) is 59.6 Å². The lowest BCUT2D eigenvalue weighted by Crippen LogP contribution is -2.49. The summed E-state index contributed by atoms with van der Waals surface area (Å²) in [5.74, 6) is -0.413. The largest absolute Gasteiger partial charge is 0.368 e. The fourth-order valence-electron chi connectivity index (χ4n) is 3.62. The van der Waals surface area contributed by atoms with Crippen molar-refractivity contribution in [2.24, 2.45) is 11.8 Å². The molecule has 2 unspecified atom stereocenters. The maximum absolute atomic E-state index is 12.7. The number of piperazine rings is 1. The molecule has 1 saturated heterocycles. The first-order valence-electron chi connectivity index (χ1n) is 9.27. The first kappa shape index (κ1) is 17.9. The van der Waals surface area contributed by atoms with Gasteiger partial charge >= 0.3 is 0 Å². The molecular weight excluding hydrogens is 362 g/mol. The Morgan fingerprint density at radius 2 is 1.67 bits per heavy atom. The van der Waals surface area contributed by atoms with Crippen molar-refractivity contribution in [2.45, 2.75) is 6.42 Å². The second-order valence-corrected chi connectivity index (χ2v) is 7.53. The highest BCUT2D eigenvalue weighted by atomic mass is 35.5. The molecule has 0 radical (unpaired) electrons. The van der Waals surface area contributed by atoms with Crippen LogP contribution >= 0.6 is 11.6 Å². The van der Waals surface area contributed by atoms with Crippen LogP contribution in [0.25, 0.3) is 0 Å². The van der Waals surface area contributed by atoms with Gasteiger partial charge in [0.25, 0.3) is 0 Å². The van der Waals surface area contributed by atoms with Crippen LogP contribution in [0.15, 0.2) is 54.6 Å². The standard InChI is InChI=1S/C21H22ClN3O2/c22-15-5-4-6-16(13-15)23-20(26)18-14-19(18)21(27)25-11-9-24(10-12-25)17-7-2-1-3-8-17/h1-8,13,18-19H,9-12,14H2,(H,23,26). The number of carbonyl (C=O) groups excluding carboxylic acids is 2. The topological polar surface area (TPSA) is 52.7 Å². The van der Waals surface area contributed by atoms with Crippen LogP contribution < -0.4 is 10.2 Å². The Morgan fingerprint density at radius 1 is 0.926 bits per heavy atom. The minimum absolute atomic E-state index is 0.0986. The summed E-state index contributed by atoms with van der Waals surface area (Å²) in [5.41, 5.74) is 1.86. The molecule has 1 saturated carbocycles. The molecule has 2 amide bonds. The second-order valence-electron chi connectivity index (χ2n) is 7.10. The van der Waals surface area contributed by atoms with Crippen molar-refractivity contribution in [1.29, 1.82) is 0 Å². The van der Waals surface area contributed by atoms with E-state index in [-0.39, 0.29) is 23.7 Å². The number of nitrogens with one attached hydrogen (secondary N) is 1. The van der Waals surface area contributed by atoms with Crippen molar-refractivity contribution in [1.82, 2.24) is 4.90 Å². The summed E-state index contributed by atoms with van der Waals surface area (Å²) in [6.07, 6.45) is 0.629. The van der Waals surface area contributed by atoms with E-state index in [0.717, 1.165) is 13.1 Å². The summed E-state index contributed by atoms with van der Waals surface area (Å²) < 4.78 is 0. The molecule has 1 N–H and O–H groups in total. The number of para-hydroxylation sites is 1. The lowest BCUT2D eigenvalue weighted by atomic mass is 10.2. The Hall–Kier alpha value is -2.53. The number of carbonyl (C=O) groups is 2. The Morgan fingerprint density at radius 3 is 2.37 bits per heavy atom. The number of anilines is 2. The van der Waals surface area contributed by atoms with Crippen LogP contribution in [-0.2, 0) is 9.59 Å². The summed E-state index contributed by atoms with van der Waals surface area (Å²) in [4.78, 5) is 29.3. The highest BCUT2D eigenvalue weighted by Crippen LogP contribution is 2.41. The first-order valence-corrected chi connectivity index (χ1v) is 9.65. The third-order valence-corrected chi connectivity index (χ3v) is 5.48. The molecule has 2 aromatic rings. The van der Waals surface area contributed by atoms with E-state index in [0.29, 0.717) is 30.2 Å². The number of benzene rings is 2. The smallest absolute Gasteiger partial charge is 0.228 e. The van der Waals surface area contributed by atoms with Gasteiger partial charge in [0, 0.05) is 42.6 Å². The number of nitrogens with zero attached hydrogens (tertiary/aromatic N) is 2. The minimum atomic E-state index is -0.233. The third kappa shape index (κ3) is 4.08. The van der Waals surface area contributed by atoms with Gasteiger partial charge in [0.1, 0.15) is 0 Å². The van der Waals surface area contributed by atoms with E-state index in [2.05, 4.69) is 22.3 Å². The fraction of sp³-hybridized carbons (Fsp3) is 0.333. The van der Waals surface area contributed by atoms with Gasteiger partial charge in [-0.2, -0.15) is 0 Å². The van der Waals surface area contributed by atoms with Gasteiger partial charge in [-0.3, -0.25) is 9.59 Å². The van der Waals surface area contributed by atoms with Gasteiger partial charge in [-0.25, -0.2) is 0 Å². The molecule has 140 valence electrons. The van der Waals surface area contributed by atoms with Gasteiger partial charge in [-0.15, -0.1) is 0 Å². The maximum atomic E-state index is 12.7. The van der Waals surface area contributed by atoms with E-state index < -0.39 is 0 Å². The Kier molecular flexibility index (Phi) is 5.03. The molecule has 0 spiro atoms. The Balaban J connectivity index is 1.28. The van der Waals surface area contributed by atoms with Gasteiger partial charge in [0.05, 0.1) is 11.8 Å². The van der Waals surface area contributed by atoms with E-state index in [1.165, 1.54) is 5.69 Å². The summed E-state index contributed by atoms with van der Waals surface area (Å²) in [5, 5.41) is 3.44. The summed E-state index contributed by atoms with van der Waals surface area (Å²) in [6.45, 7) is 3.05. The van der Waals surface area contributed by atoms with Gasteiger partial charge in [-0.1, -0.05) is 35.9 Å². The zero-order valence-electron chi connectivity index (χ0n) is 15.0. The number of amides is 2. The quantitative estimate of drug-likeness (QED) is 0.881. The van der Waals surface area contributed by atoms with E-state index in [1.807, 2.05) is 23.1 Å². The van der Waals surface area contributed by atoms with Crippen molar-refractivity contribution < 1.29 is 9.59 Å². The molecule has 1 aliphatic heterocycles. The molecule has 2 atom stereocenters. The molecule has 4 rings (SSSR count). The Labute approximate surface area is 163 Å². The van der Waals surface area contributed by atoms with Crippen molar-refractivity contribution in [3.63, 3.8) is 0 Å². The minimum Gasteiger partial charge on any atom is -0.368 e. The number of halogens is 1. The lowest BCUT2D eigenvalue weighted by molar-refractivity contribution is -0.134. The summed E-state index contributed by atoms with van der Waals surface area (Å²) in [6, 6.07) is 17.3. The molecule has 1 aliphatic carbocycles. The van der Waals surface area contributed by atoms with Gasteiger partial charge in [0.15, 0.2) is 0 Å². The van der Waals surface area contributed by atoms with E-state index in [4.69, 9.17) is 11.6 Å². The predicted octanol–water partition coefficient (Wildman–Crippen LogP) is 3.26. The summed E-state index contributed by atoms with van der Waals surface area (Å²) in [7, 11) is 0. The fourth-order valence-corrected chi connectivity index (χ4v) is 3.81. The molecule has 5 nitrogen and oxygen atoms in total. The molecule has 1 heterocycles. The molecular formula is C21H22ClN3O2. The van der Waals surface area contributed by atoms with Gasteiger partial charge < -0.3 is 15.1 Å². The average Bonchev–Trinajstić information content (AvgIpc) is 3.49. The van der Waals surface area contributed by atoms with Crippen LogP contribution in [0.3, 0.4) is 0 Å². The molecule has 2 fully saturated rings. The SMILES string of the molecule is O=C(Nc1cccc(Cl)c1)C1CC1C(=O)N1CCN(c2ccccc2)CC1. The van der Waals surface area contributed by atoms with Crippen LogP contribution in [0.4, 0.5) is 11.4 Å². The zero-order valence-corrected chi connectivity index (χ0v) is 15.7. The van der Waals surface area contributed by atoms with Gasteiger partial charge in [-0.05, 0) is 36.8 Å². The van der Waals surface area contributed by atoms with Crippen LogP contribution in [0.5, 0.6) is 0 Å². The number of hydrogen-bond donors (Lipinski definition) is 1. The first-order chi connectivity index (χ1) is 13.1. The average molecular weight is 384 g/mol. The van der Waals surface area contributed by atoms with Crippen LogP contribution in [0, 0.1) is 11.8 Å². The normalized spacial score (nSPS) is 21.7. The molecule has 6 heteroatoms. The Bertz CT molecular complexity index is 834. The van der Waals surface area contributed by atoms with Crippen molar-refractivity contribution in [3.8, 4) is 0 Å². The maximum Gasteiger partial charge on any atom is 0.228 e. The predicted molar refractivity (Wildman–Crippen MR) is 107 cm³/mol. The van der Waals surface area contributed by atoms with Crippen LogP contribution in [-0.4, -0.2) is 42.9 Å². The van der Waals surface area contributed by atoms with Crippen molar-refractivity contribution >= 4 is 34.8 Å². The van der Waals surface area contributed by atoms with Gasteiger partial charge in [0.2, 0.25) is 11.8 Å². The van der Waals surface area contributed by atoms with Crippen LogP contribution in [0.1, 0.15) is 6.42 Å². The molecule has 0 aromatic heterocycles. The van der Waals surface area contributed by atoms with E-state index in [9.17, 15) is 9.59 Å². The number of hydrogen-bond acceptors (Lipinski definition) is 3. The van der Waals surface area contributed by atoms with Crippen LogP contribution in [0.2, 0.25) is 5.02 Å². The second kappa shape index (κ2) is 7.61. The highest BCUT2D eigenvalue weighted by molar-refractivity contribution is 6.30. The van der Waals surface area contributed by atoms with E-state index in [1.54, 1.807) is 24.3 Å². The molecule has 2 aliphatic rings. The van der Waals surface area contributed by atoms with E-state index >= 15 is 0 Å².